The molecule has 2 aliphatic carbocycles. The number of rotatable bonds is 5. The average Bonchev–Trinajstić information content (AvgIpc) is 3.29. The van der Waals surface area contributed by atoms with Gasteiger partial charge in [0.25, 0.3) is 0 Å². The zero-order chi connectivity index (χ0) is 20.8. The van der Waals surface area contributed by atoms with E-state index in [0.717, 1.165) is 24.8 Å². The van der Waals surface area contributed by atoms with Gasteiger partial charge in [-0.1, -0.05) is 42.5 Å². The third-order valence-corrected chi connectivity index (χ3v) is 7.03. The first kappa shape index (κ1) is 20.1. The van der Waals surface area contributed by atoms with Gasteiger partial charge in [-0.05, 0) is 57.4 Å². The molecule has 5 nitrogen and oxygen atoms in total. The molecule has 1 amide bonds. The SMILES string of the molecule is C[C@H](c1ccccc1)N(C(=O)[C@@H]1[C@H](C(=O)[O-])[C@H]2C=C[C@@H]1C2)[C@@H]1CCOC(C)(C)C1. The van der Waals surface area contributed by atoms with E-state index >= 15 is 0 Å². The van der Waals surface area contributed by atoms with Crippen LogP contribution < -0.4 is 5.11 Å². The van der Waals surface area contributed by atoms with E-state index in [1.54, 1.807) is 0 Å². The van der Waals surface area contributed by atoms with Gasteiger partial charge in [-0.25, -0.2) is 0 Å². The Hall–Kier alpha value is -2.14. The van der Waals surface area contributed by atoms with Gasteiger partial charge in [0.15, 0.2) is 0 Å². The van der Waals surface area contributed by atoms with E-state index in [1.807, 2.05) is 54.3 Å². The van der Waals surface area contributed by atoms with Crippen LogP contribution in [0, 0.1) is 23.7 Å². The maximum atomic E-state index is 13.9. The number of carbonyl (C=O) groups excluding carboxylic acids is 2. The molecule has 1 saturated carbocycles. The van der Waals surface area contributed by atoms with Gasteiger partial charge in [-0.2, -0.15) is 0 Å². The number of allylic oxidation sites excluding steroid dienone is 2. The number of nitrogens with zero attached hydrogens (tertiary/aromatic N) is 1. The van der Waals surface area contributed by atoms with Crippen LogP contribution in [0.5, 0.6) is 0 Å². The zero-order valence-corrected chi connectivity index (χ0v) is 17.4. The van der Waals surface area contributed by atoms with Gasteiger partial charge < -0.3 is 19.5 Å². The lowest BCUT2D eigenvalue weighted by atomic mass is 9.80. The van der Waals surface area contributed by atoms with Gasteiger partial charge >= 0.3 is 0 Å². The predicted octanol–water partition coefficient (Wildman–Crippen LogP) is 2.72. The van der Waals surface area contributed by atoms with Crippen molar-refractivity contribution in [2.45, 2.75) is 57.7 Å². The van der Waals surface area contributed by atoms with Crippen LogP contribution in [0.15, 0.2) is 42.5 Å². The Morgan fingerprint density at radius 3 is 2.41 bits per heavy atom. The Morgan fingerprint density at radius 1 is 1.14 bits per heavy atom. The molecule has 2 bridgehead atoms. The molecule has 29 heavy (non-hydrogen) atoms. The van der Waals surface area contributed by atoms with Gasteiger partial charge in [-0.3, -0.25) is 4.79 Å². The summed E-state index contributed by atoms with van der Waals surface area (Å²) in [5, 5.41) is 11.9. The van der Waals surface area contributed by atoms with Crippen LogP contribution in [0.3, 0.4) is 0 Å². The molecule has 1 saturated heterocycles. The summed E-state index contributed by atoms with van der Waals surface area (Å²) in [5.41, 5.74) is 0.758. The Kier molecular flexibility index (Phi) is 5.28. The van der Waals surface area contributed by atoms with E-state index in [-0.39, 0.29) is 35.4 Å². The van der Waals surface area contributed by atoms with Crippen molar-refractivity contribution in [3.05, 3.63) is 48.0 Å². The monoisotopic (exact) mass is 396 g/mol. The van der Waals surface area contributed by atoms with Crippen LogP contribution in [0.2, 0.25) is 0 Å². The highest BCUT2D eigenvalue weighted by molar-refractivity contribution is 5.87. The van der Waals surface area contributed by atoms with E-state index in [1.165, 1.54) is 0 Å². The summed E-state index contributed by atoms with van der Waals surface area (Å²) in [6, 6.07) is 9.88. The second-order valence-electron chi connectivity index (χ2n) is 9.41. The molecule has 156 valence electrons. The van der Waals surface area contributed by atoms with Crippen LogP contribution in [-0.2, 0) is 14.3 Å². The van der Waals surface area contributed by atoms with Crippen LogP contribution in [0.25, 0.3) is 0 Å². The molecule has 0 aromatic heterocycles. The molecular weight excluding hydrogens is 366 g/mol. The summed E-state index contributed by atoms with van der Waals surface area (Å²) in [6.45, 7) is 6.76. The fraction of sp³-hybridized carbons (Fsp3) is 0.583. The lowest BCUT2D eigenvalue weighted by Crippen LogP contribution is -2.53. The molecule has 4 rings (SSSR count). The number of carboxylic acid groups (broad SMARTS) is 1. The molecular formula is C24H30NO4-. The highest BCUT2D eigenvalue weighted by Gasteiger charge is 2.51. The maximum Gasteiger partial charge on any atom is 0.227 e. The largest absolute Gasteiger partial charge is 0.550 e. The Labute approximate surface area is 172 Å². The molecule has 2 fully saturated rings. The first-order chi connectivity index (χ1) is 13.8. The highest BCUT2D eigenvalue weighted by Crippen LogP contribution is 2.49. The molecule has 6 atom stereocenters. The van der Waals surface area contributed by atoms with Crippen molar-refractivity contribution in [3.63, 3.8) is 0 Å². The van der Waals surface area contributed by atoms with Gasteiger partial charge in [0.1, 0.15) is 0 Å². The Balaban J connectivity index is 1.69. The quantitative estimate of drug-likeness (QED) is 0.718. The smallest absolute Gasteiger partial charge is 0.227 e. The minimum absolute atomic E-state index is 0.00581. The number of ether oxygens (including phenoxy) is 1. The number of carboxylic acids is 1. The molecule has 5 heteroatoms. The van der Waals surface area contributed by atoms with Gasteiger partial charge in [0, 0.05) is 24.5 Å². The standard InChI is InChI=1S/C24H31NO4/c1-15(16-7-5-4-6-8-16)25(19-11-12-29-24(2,3)14-19)22(26)20-17-9-10-18(13-17)21(20)23(27)28/h4-10,15,17-21H,11-14H2,1-3H3,(H,27,28)/p-1/t15-,17-,18+,19-,20+,21-/m1/s1. The summed E-state index contributed by atoms with van der Waals surface area (Å²) in [4.78, 5) is 27.8. The molecule has 3 aliphatic rings. The van der Waals surface area contributed by atoms with Crippen LogP contribution in [-0.4, -0.2) is 35.0 Å². The van der Waals surface area contributed by atoms with Crippen molar-refractivity contribution >= 4 is 11.9 Å². The minimum atomic E-state index is -1.10. The number of hydrogen-bond acceptors (Lipinski definition) is 4. The number of fused-ring (bicyclic) bond motifs is 2. The van der Waals surface area contributed by atoms with Gasteiger partial charge in [0.2, 0.25) is 5.91 Å². The summed E-state index contributed by atoms with van der Waals surface area (Å²) < 4.78 is 5.89. The van der Waals surface area contributed by atoms with Crippen molar-refractivity contribution in [2.75, 3.05) is 6.61 Å². The third-order valence-electron chi connectivity index (χ3n) is 7.03. The van der Waals surface area contributed by atoms with Crippen LogP contribution in [0.4, 0.5) is 0 Å². The average molecular weight is 397 g/mol. The Bertz CT molecular complexity index is 802. The third kappa shape index (κ3) is 3.73. The second-order valence-corrected chi connectivity index (χ2v) is 9.41. The molecule has 1 aliphatic heterocycles. The first-order valence-electron chi connectivity index (χ1n) is 10.7. The predicted molar refractivity (Wildman–Crippen MR) is 107 cm³/mol. The zero-order valence-electron chi connectivity index (χ0n) is 17.4. The number of amides is 1. The van der Waals surface area contributed by atoms with Crippen molar-refractivity contribution in [3.8, 4) is 0 Å². The summed E-state index contributed by atoms with van der Waals surface area (Å²) >= 11 is 0. The number of aliphatic carboxylic acids is 1. The summed E-state index contributed by atoms with van der Waals surface area (Å²) in [6.07, 6.45) is 6.23. The van der Waals surface area contributed by atoms with Crippen LogP contribution >= 0.6 is 0 Å². The van der Waals surface area contributed by atoms with E-state index in [9.17, 15) is 14.7 Å². The fourth-order valence-corrected chi connectivity index (χ4v) is 5.67. The molecule has 1 aromatic carbocycles. The van der Waals surface area contributed by atoms with Crippen LogP contribution in [0.1, 0.15) is 51.6 Å². The van der Waals surface area contributed by atoms with Gasteiger partial charge in [0.05, 0.1) is 17.6 Å². The maximum absolute atomic E-state index is 13.9. The fourth-order valence-electron chi connectivity index (χ4n) is 5.67. The lowest BCUT2D eigenvalue weighted by Gasteiger charge is -2.46. The highest BCUT2D eigenvalue weighted by atomic mass is 16.5. The summed E-state index contributed by atoms with van der Waals surface area (Å²) in [5.74, 6) is -2.49. The van der Waals surface area contributed by atoms with Crippen molar-refractivity contribution in [1.29, 1.82) is 0 Å². The van der Waals surface area contributed by atoms with Crippen molar-refractivity contribution < 1.29 is 19.4 Å². The normalized spacial score (nSPS) is 33.4. The minimum Gasteiger partial charge on any atom is -0.550 e. The summed E-state index contributed by atoms with van der Waals surface area (Å²) in [7, 11) is 0. The lowest BCUT2D eigenvalue weighted by molar-refractivity contribution is -0.313. The number of benzene rings is 1. The van der Waals surface area contributed by atoms with Gasteiger partial charge in [-0.15, -0.1) is 0 Å². The van der Waals surface area contributed by atoms with E-state index in [4.69, 9.17) is 4.74 Å². The topological polar surface area (TPSA) is 69.7 Å². The van der Waals surface area contributed by atoms with E-state index in [2.05, 4.69) is 13.8 Å². The molecule has 0 radical (unpaired) electrons. The van der Waals surface area contributed by atoms with E-state index in [0.29, 0.717) is 6.61 Å². The van der Waals surface area contributed by atoms with Crippen molar-refractivity contribution in [1.82, 2.24) is 4.90 Å². The Morgan fingerprint density at radius 2 is 1.79 bits per heavy atom. The second kappa shape index (κ2) is 7.60. The number of hydrogen-bond donors (Lipinski definition) is 0. The van der Waals surface area contributed by atoms with E-state index < -0.39 is 17.8 Å². The molecule has 1 aromatic rings. The molecule has 0 spiro atoms. The molecule has 0 unspecified atom stereocenters. The first-order valence-corrected chi connectivity index (χ1v) is 10.7. The number of carbonyl (C=O) groups is 2. The van der Waals surface area contributed by atoms with Crippen molar-refractivity contribution in [2.24, 2.45) is 23.7 Å². The molecule has 1 heterocycles. The molecule has 0 N–H and O–H groups in total.